The van der Waals surface area contributed by atoms with Gasteiger partial charge in [0.05, 0.1) is 13.0 Å². The van der Waals surface area contributed by atoms with Crippen LogP contribution in [0, 0.1) is 6.92 Å². The van der Waals surface area contributed by atoms with Gasteiger partial charge in [0.25, 0.3) is 0 Å². The van der Waals surface area contributed by atoms with Crippen LogP contribution in [-0.2, 0) is 13.0 Å². The average Bonchev–Trinajstić information content (AvgIpc) is 3.00. The van der Waals surface area contributed by atoms with Gasteiger partial charge >= 0.3 is 0 Å². The van der Waals surface area contributed by atoms with Crippen molar-refractivity contribution < 1.29 is 4.42 Å². The zero-order valence-electron chi connectivity index (χ0n) is 13.6. The summed E-state index contributed by atoms with van der Waals surface area (Å²) in [5, 5.41) is 8.36. The lowest BCUT2D eigenvalue weighted by atomic mass is 10.2. The third-order valence-corrected chi connectivity index (χ3v) is 3.78. The molecule has 0 atom stereocenters. The zero-order chi connectivity index (χ0) is 16.1. The highest BCUT2D eigenvalue weighted by molar-refractivity contribution is 5.48. The molecule has 0 spiro atoms. The smallest absolute Gasteiger partial charge is 0.235 e. The molecule has 0 N–H and O–H groups in total. The van der Waals surface area contributed by atoms with Crippen LogP contribution < -0.4 is 4.90 Å². The summed E-state index contributed by atoms with van der Waals surface area (Å²) in [5.74, 6) is 1.31. The van der Waals surface area contributed by atoms with Crippen molar-refractivity contribution in [2.24, 2.45) is 0 Å². The first-order chi connectivity index (χ1) is 11.2. The molecule has 23 heavy (non-hydrogen) atoms. The van der Waals surface area contributed by atoms with Crippen LogP contribution in [0.15, 0.2) is 59.0 Å². The number of rotatable bonds is 6. The molecule has 0 amide bonds. The fourth-order valence-corrected chi connectivity index (χ4v) is 2.57. The van der Waals surface area contributed by atoms with Gasteiger partial charge in [0.2, 0.25) is 11.8 Å². The minimum absolute atomic E-state index is 0.627. The van der Waals surface area contributed by atoms with E-state index in [1.54, 1.807) is 0 Å². The Labute approximate surface area is 136 Å². The number of anilines is 1. The van der Waals surface area contributed by atoms with E-state index in [0.29, 0.717) is 24.7 Å². The van der Waals surface area contributed by atoms with Gasteiger partial charge < -0.3 is 9.32 Å². The molecule has 4 heteroatoms. The second-order valence-corrected chi connectivity index (χ2v) is 5.61. The van der Waals surface area contributed by atoms with Crippen molar-refractivity contribution in [3.05, 3.63) is 77.5 Å². The summed E-state index contributed by atoms with van der Waals surface area (Å²) < 4.78 is 5.81. The van der Waals surface area contributed by atoms with Crippen molar-refractivity contribution in [2.75, 3.05) is 11.4 Å². The first-order valence-electron chi connectivity index (χ1n) is 7.91. The monoisotopic (exact) mass is 307 g/mol. The normalized spacial score (nSPS) is 10.7. The molecular formula is C19H21N3O. The second-order valence-electron chi connectivity index (χ2n) is 5.61. The Hall–Kier alpha value is -2.62. The Bertz CT molecular complexity index is 752. The van der Waals surface area contributed by atoms with Gasteiger partial charge in [-0.25, -0.2) is 0 Å². The molecule has 1 heterocycles. The van der Waals surface area contributed by atoms with Crippen LogP contribution in [0.4, 0.5) is 5.69 Å². The molecule has 0 radical (unpaired) electrons. The molecule has 3 aromatic rings. The molecule has 0 saturated heterocycles. The number of nitrogens with zero attached hydrogens (tertiary/aromatic N) is 3. The van der Waals surface area contributed by atoms with Crippen LogP contribution in [0.5, 0.6) is 0 Å². The van der Waals surface area contributed by atoms with E-state index in [1.165, 1.54) is 16.8 Å². The number of benzene rings is 2. The Morgan fingerprint density at radius 3 is 2.48 bits per heavy atom. The summed E-state index contributed by atoms with van der Waals surface area (Å²) in [6, 6.07) is 18.6. The molecule has 118 valence electrons. The number of hydrogen-bond donors (Lipinski definition) is 0. The van der Waals surface area contributed by atoms with Gasteiger partial charge in [0, 0.05) is 12.2 Å². The van der Waals surface area contributed by atoms with E-state index in [1.807, 2.05) is 18.2 Å². The summed E-state index contributed by atoms with van der Waals surface area (Å²) in [7, 11) is 0. The quantitative estimate of drug-likeness (QED) is 0.690. The summed E-state index contributed by atoms with van der Waals surface area (Å²) in [4.78, 5) is 2.23. The van der Waals surface area contributed by atoms with E-state index >= 15 is 0 Å². The molecular weight excluding hydrogens is 286 g/mol. The molecule has 0 saturated carbocycles. The van der Waals surface area contributed by atoms with E-state index < -0.39 is 0 Å². The van der Waals surface area contributed by atoms with Crippen LogP contribution in [0.3, 0.4) is 0 Å². The highest BCUT2D eigenvalue weighted by Crippen LogP contribution is 2.18. The van der Waals surface area contributed by atoms with E-state index in [4.69, 9.17) is 4.42 Å². The molecule has 0 bridgehead atoms. The first-order valence-corrected chi connectivity index (χ1v) is 7.91. The maximum absolute atomic E-state index is 5.81. The Kier molecular flexibility index (Phi) is 4.71. The minimum atomic E-state index is 0.627. The fourth-order valence-electron chi connectivity index (χ4n) is 2.57. The highest BCUT2D eigenvalue weighted by atomic mass is 16.4. The SMILES string of the molecule is CCN(Cc1nnc(Cc2ccccc2)o1)c1cccc(C)c1. The predicted molar refractivity (Wildman–Crippen MR) is 91.4 cm³/mol. The molecule has 0 aliphatic heterocycles. The maximum Gasteiger partial charge on any atom is 0.235 e. The number of aryl methyl sites for hydroxylation is 1. The molecule has 3 rings (SSSR count). The Morgan fingerprint density at radius 2 is 1.74 bits per heavy atom. The van der Waals surface area contributed by atoms with Crippen LogP contribution in [0.2, 0.25) is 0 Å². The maximum atomic E-state index is 5.81. The number of hydrogen-bond acceptors (Lipinski definition) is 4. The molecule has 0 fully saturated rings. The topological polar surface area (TPSA) is 42.2 Å². The third-order valence-electron chi connectivity index (χ3n) is 3.78. The molecule has 0 aliphatic rings. The van der Waals surface area contributed by atoms with Gasteiger partial charge in [0.1, 0.15) is 0 Å². The van der Waals surface area contributed by atoms with E-state index in [0.717, 1.165) is 6.54 Å². The summed E-state index contributed by atoms with van der Waals surface area (Å²) in [6.07, 6.45) is 0.671. The van der Waals surface area contributed by atoms with Gasteiger partial charge in [-0.3, -0.25) is 0 Å². The Balaban J connectivity index is 1.70. The average molecular weight is 307 g/mol. The lowest BCUT2D eigenvalue weighted by Gasteiger charge is -2.21. The van der Waals surface area contributed by atoms with Crippen molar-refractivity contribution in [1.82, 2.24) is 10.2 Å². The minimum Gasteiger partial charge on any atom is -0.423 e. The zero-order valence-corrected chi connectivity index (χ0v) is 13.6. The lowest BCUT2D eigenvalue weighted by Crippen LogP contribution is -2.22. The standard InChI is InChI=1S/C19H21N3O/c1-3-22(17-11-7-8-15(2)12-17)14-19-21-20-18(23-19)13-16-9-5-4-6-10-16/h4-12H,3,13-14H2,1-2H3. The van der Waals surface area contributed by atoms with Gasteiger partial charge in [-0.2, -0.15) is 0 Å². The van der Waals surface area contributed by atoms with Gasteiger partial charge in [0.15, 0.2) is 0 Å². The van der Waals surface area contributed by atoms with Crippen molar-refractivity contribution >= 4 is 5.69 Å². The molecule has 0 unspecified atom stereocenters. The molecule has 1 aromatic heterocycles. The Morgan fingerprint density at radius 1 is 0.957 bits per heavy atom. The van der Waals surface area contributed by atoms with Gasteiger partial charge in [-0.15, -0.1) is 10.2 Å². The summed E-state index contributed by atoms with van der Waals surface area (Å²) in [6.45, 7) is 5.74. The van der Waals surface area contributed by atoms with E-state index in [2.05, 4.69) is 65.3 Å². The largest absolute Gasteiger partial charge is 0.423 e. The van der Waals surface area contributed by atoms with Gasteiger partial charge in [-0.1, -0.05) is 42.5 Å². The molecule has 4 nitrogen and oxygen atoms in total. The molecule has 0 aliphatic carbocycles. The van der Waals surface area contributed by atoms with Crippen LogP contribution in [-0.4, -0.2) is 16.7 Å². The predicted octanol–water partition coefficient (Wildman–Crippen LogP) is 4.00. The van der Waals surface area contributed by atoms with E-state index in [-0.39, 0.29) is 0 Å². The third kappa shape index (κ3) is 3.97. The van der Waals surface area contributed by atoms with Crippen LogP contribution in [0.25, 0.3) is 0 Å². The van der Waals surface area contributed by atoms with Crippen LogP contribution in [0.1, 0.15) is 29.8 Å². The first kappa shape index (κ1) is 15.3. The van der Waals surface area contributed by atoms with Crippen molar-refractivity contribution in [3.8, 4) is 0 Å². The van der Waals surface area contributed by atoms with Crippen LogP contribution >= 0.6 is 0 Å². The summed E-state index contributed by atoms with van der Waals surface area (Å²) >= 11 is 0. The second kappa shape index (κ2) is 7.09. The lowest BCUT2D eigenvalue weighted by molar-refractivity contribution is 0.453. The van der Waals surface area contributed by atoms with E-state index in [9.17, 15) is 0 Å². The summed E-state index contributed by atoms with van der Waals surface area (Å²) in [5.41, 5.74) is 3.60. The highest BCUT2D eigenvalue weighted by Gasteiger charge is 2.12. The van der Waals surface area contributed by atoms with Crippen molar-refractivity contribution in [2.45, 2.75) is 26.8 Å². The van der Waals surface area contributed by atoms with Gasteiger partial charge in [-0.05, 0) is 37.1 Å². The number of aromatic nitrogens is 2. The fraction of sp³-hybridized carbons (Fsp3) is 0.263. The van der Waals surface area contributed by atoms with Crippen molar-refractivity contribution in [3.63, 3.8) is 0 Å². The molecule has 2 aromatic carbocycles. The van der Waals surface area contributed by atoms with Crippen molar-refractivity contribution in [1.29, 1.82) is 0 Å².